The number of esters is 1. The molecule has 0 fully saturated rings. The van der Waals surface area contributed by atoms with Gasteiger partial charge in [-0.25, -0.2) is 0 Å². The summed E-state index contributed by atoms with van der Waals surface area (Å²) >= 11 is 0. The molecule has 0 saturated carbocycles. The number of aliphatic hydroxyl groups is 1. The first-order valence-corrected chi connectivity index (χ1v) is 9.09. The fourth-order valence-electron chi connectivity index (χ4n) is 3.53. The van der Waals surface area contributed by atoms with E-state index in [1.807, 2.05) is 0 Å². The van der Waals surface area contributed by atoms with E-state index in [4.69, 9.17) is 0 Å². The average Bonchev–Trinajstić information content (AvgIpc) is 2.63. The Morgan fingerprint density at radius 2 is 1.70 bits per heavy atom. The molecule has 0 amide bonds. The molecule has 30 heavy (non-hydrogen) atoms. The molecule has 2 aromatic rings. The van der Waals surface area contributed by atoms with Gasteiger partial charge in [-0.2, -0.15) is 0 Å². The Hall–Kier alpha value is -3.52. The lowest BCUT2D eigenvalue weighted by atomic mass is 9.79. The summed E-state index contributed by atoms with van der Waals surface area (Å²) in [6.45, 7) is 2.78. The predicted molar refractivity (Wildman–Crippen MR) is 104 cm³/mol. The van der Waals surface area contributed by atoms with Crippen LogP contribution in [0, 0.1) is 0 Å². The van der Waals surface area contributed by atoms with Gasteiger partial charge in [-0.15, -0.1) is 0 Å². The quantitative estimate of drug-likeness (QED) is 0.427. The summed E-state index contributed by atoms with van der Waals surface area (Å²) < 4.78 is 4.63. The highest BCUT2D eigenvalue weighted by molar-refractivity contribution is 6.31. The van der Waals surface area contributed by atoms with Gasteiger partial charge in [-0.3, -0.25) is 19.2 Å². The summed E-state index contributed by atoms with van der Waals surface area (Å²) in [6.07, 6.45) is -0.837. The standard InChI is InChI=1S/C22H20O8/c1-22(2,29)9-14(24)16-10(8-15(25)30-3)7-12-18(20(16)27)21(28)17-11(19(12)26)5-4-6-13(17)23/h4-7,23,27,29H,8-9H2,1-3H3. The summed E-state index contributed by atoms with van der Waals surface area (Å²) in [5.41, 5.74) is -2.71. The number of hydrogen-bond donors (Lipinski definition) is 3. The second kappa shape index (κ2) is 7.38. The van der Waals surface area contributed by atoms with Gasteiger partial charge in [0, 0.05) is 17.5 Å². The molecule has 1 aliphatic rings. The van der Waals surface area contributed by atoms with E-state index in [9.17, 15) is 34.5 Å². The first kappa shape index (κ1) is 21.2. The van der Waals surface area contributed by atoms with Crippen molar-refractivity contribution in [3.63, 3.8) is 0 Å². The number of phenols is 2. The molecule has 0 aliphatic heterocycles. The number of carbonyl (C=O) groups is 4. The molecule has 0 atom stereocenters. The number of phenolic OH excluding ortho intramolecular Hbond substituents is 2. The zero-order valence-corrected chi connectivity index (χ0v) is 16.6. The van der Waals surface area contributed by atoms with Crippen LogP contribution in [0.4, 0.5) is 0 Å². The molecule has 3 N–H and O–H groups in total. The minimum atomic E-state index is -1.42. The molecule has 0 saturated heterocycles. The van der Waals surface area contributed by atoms with Crippen molar-refractivity contribution in [2.45, 2.75) is 32.3 Å². The van der Waals surface area contributed by atoms with Crippen molar-refractivity contribution >= 4 is 23.3 Å². The SMILES string of the molecule is COC(=O)Cc1cc2c(c(O)c1C(=O)CC(C)(C)O)C(=O)c1c(O)cccc1C2=O. The van der Waals surface area contributed by atoms with Gasteiger partial charge in [0.2, 0.25) is 5.78 Å². The van der Waals surface area contributed by atoms with Crippen molar-refractivity contribution < 1.29 is 39.2 Å². The lowest BCUT2D eigenvalue weighted by Crippen LogP contribution is -2.27. The molecule has 2 aromatic carbocycles. The first-order chi connectivity index (χ1) is 14.0. The molecule has 0 heterocycles. The van der Waals surface area contributed by atoms with E-state index >= 15 is 0 Å². The Kier molecular flexibility index (Phi) is 5.22. The first-order valence-electron chi connectivity index (χ1n) is 9.09. The minimum Gasteiger partial charge on any atom is -0.507 e. The van der Waals surface area contributed by atoms with Crippen molar-refractivity contribution in [3.05, 3.63) is 57.6 Å². The van der Waals surface area contributed by atoms with E-state index in [-0.39, 0.29) is 27.8 Å². The van der Waals surface area contributed by atoms with Gasteiger partial charge in [0.15, 0.2) is 11.6 Å². The lowest BCUT2D eigenvalue weighted by Gasteiger charge is -2.23. The number of benzene rings is 2. The van der Waals surface area contributed by atoms with Crippen LogP contribution in [0.5, 0.6) is 11.5 Å². The Morgan fingerprint density at radius 3 is 2.30 bits per heavy atom. The van der Waals surface area contributed by atoms with Gasteiger partial charge in [0.1, 0.15) is 11.5 Å². The highest BCUT2D eigenvalue weighted by Gasteiger charge is 2.38. The molecule has 8 heteroatoms. The van der Waals surface area contributed by atoms with Crippen LogP contribution in [0.25, 0.3) is 0 Å². The number of Topliss-reactive ketones (excluding diaryl/α,β-unsaturated/α-hetero) is 1. The van der Waals surface area contributed by atoms with Gasteiger partial charge in [0.25, 0.3) is 0 Å². The van der Waals surface area contributed by atoms with E-state index < -0.39 is 58.8 Å². The maximum absolute atomic E-state index is 13.0. The zero-order chi connectivity index (χ0) is 22.4. The molecule has 0 spiro atoms. The number of ether oxygens (including phenoxy) is 1. The molecule has 3 rings (SSSR count). The highest BCUT2D eigenvalue weighted by atomic mass is 16.5. The molecule has 1 aliphatic carbocycles. The topological polar surface area (TPSA) is 138 Å². The van der Waals surface area contributed by atoms with Gasteiger partial charge < -0.3 is 20.1 Å². The number of methoxy groups -OCH3 is 1. The normalized spacial score (nSPS) is 12.9. The molecule has 0 aromatic heterocycles. The molecular weight excluding hydrogens is 392 g/mol. The minimum absolute atomic E-state index is 0.00268. The summed E-state index contributed by atoms with van der Waals surface area (Å²) in [5, 5.41) is 31.0. The Balaban J connectivity index is 2.29. The highest BCUT2D eigenvalue weighted by Crippen LogP contribution is 2.40. The monoisotopic (exact) mass is 412 g/mol. The summed E-state index contributed by atoms with van der Waals surface area (Å²) in [5.74, 6) is -4.10. The van der Waals surface area contributed by atoms with Gasteiger partial charge >= 0.3 is 5.97 Å². The van der Waals surface area contributed by atoms with Crippen molar-refractivity contribution in [2.75, 3.05) is 7.11 Å². The van der Waals surface area contributed by atoms with Crippen LogP contribution in [-0.4, -0.2) is 51.3 Å². The van der Waals surface area contributed by atoms with Crippen LogP contribution < -0.4 is 0 Å². The maximum atomic E-state index is 13.0. The number of hydrogen-bond acceptors (Lipinski definition) is 8. The Morgan fingerprint density at radius 1 is 1.03 bits per heavy atom. The van der Waals surface area contributed by atoms with E-state index in [2.05, 4.69) is 4.74 Å². The predicted octanol–water partition coefficient (Wildman–Crippen LogP) is 1.93. The van der Waals surface area contributed by atoms with Gasteiger partial charge in [0.05, 0.1) is 35.8 Å². The summed E-state index contributed by atoms with van der Waals surface area (Å²) in [4.78, 5) is 50.7. The van der Waals surface area contributed by atoms with Crippen molar-refractivity contribution in [1.29, 1.82) is 0 Å². The number of fused-ring (bicyclic) bond motifs is 2. The van der Waals surface area contributed by atoms with E-state index in [1.54, 1.807) is 0 Å². The fraction of sp³-hybridized carbons (Fsp3) is 0.273. The molecular formula is C22H20O8. The van der Waals surface area contributed by atoms with Crippen LogP contribution >= 0.6 is 0 Å². The second-order valence-corrected chi connectivity index (χ2v) is 7.71. The Bertz CT molecular complexity index is 1110. The van der Waals surface area contributed by atoms with Crippen LogP contribution in [0.3, 0.4) is 0 Å². The van der Waals surface area contributed by atoms with Crippen LogP contribution in [-0.2, 0) is 16.0 Å². The summed E-state index contributed by atoms with van der Waals surface area (Å²) in [6, 6.07) is 5.21. The van der Waals surface area contributed by atoms with Crippen LogP contribution in [0.1, 0.15) is 68.0 Å². The second-order valence-electron chi connectivity index (χ2n) is 7.71. The molecule has 0 radical (unpaired) electrons. The number of ketones is 3. The van der Waals surface area contributed by atoms with Crippen molar-refractivity contribution in [2.24, 2.45) is 0 Å². The van der Waals surface area contributed by atoms with Gasteiger partial charge in [-0.1, -0.05) is 12.1 Å². The fourth-order valence-corrected chi connectivity index (χ4v) is 3.53. The molecule has 8 nitrogen and oxygen atoms in total. The number of carbonyl (C=O) groups excluding carboxylic acids is 4. The number of rotatable bonds is 5. The lowest BCUT2D eigenvalue weighted by molar-refractivity contribution is -0.139. The van der Waals surface area contributed by atoms with E-state index in [0.29, 0.717) is 0 Å². The van der Waals surface area contributed by atoms with Crippen LogP contribution in [0.2, 0.25) is 0 Å². The van der Waals surface area contributed by atoms with Gasteiger partial charge in [-0.05, 0) is 31.5 Å². The zero-order valence-electron chi connectivity index (χ0n) is 16.6. The third-order valence-electron chi connectivity index (χ3n) is 4.80. The Labute approximate surface area is 171 Å². The smallest absolute Gasteiger partial charge is 0.310 e. The third-order valence-corrected chi connectivity index (χ3v) is 4.80. The number of aromatic hydroxyl groups is 2. The van der Waals surface area contributed by atoms with Crippen molar-refractivity contribution in [3.8, 4) is 11.5 Å². The van der Waals surface area contributed by atoms with E-state index in [1.165, 1.54) is 38.1 Å². The summed E-state index contributed by atoms with van der Waals surface area (Å²) in [7, 11) is 1.15. The molecule has 0 unspecified atom stereocenters. The van der Waals surface area contributed by atoms with E-state index in [0.717, 1.165) is 7.11 Å². The van der Waals surface area contributed by atoms with Crippen molar-refractivity contribution in [1.82, 2.24) is 0 Å². The van der Waals surface area contributed by atoms with Crippen LogP contribution in [0.15, 0.2) is 24.3 Å². The maximum Gasteiger partial charge on any atom is 0.310 e. The molecule has 156 valence electrons. The molecule has 0 bridgehead atoms. The average molecular weight is 412 g/mol. The third kappa shape index (κ3) is 3.57. The largest absolute Gasteiger partial charge is 0.507 e.